The summed E-state index contributed by atoms with van der Waals surface area (Å²) in [6, 6.07) is 11.8. The number of nitriles is 1. The second-order valence-electron chi connectivity index (χ2n) is 11.3. The summed E-state index contributed by atoms with van der Waals surface area (Å²) in [7, 11) is 3.09. The van der Waals surface area contributed by atoms with Gasteiger partial charge < -0.3 is 26.0 Å². The maximum Gasteiger partial charge on any atom is 0.318 e. The summed E-state index contributed by atoms with van der Waals surface area (Å²) in [6.07, 6.45) is 2.76. The number of rotatable bonds is 8. The first-order valence-electron chi connectivity index (χ1n) is 14.0. The first kappa shape index (κ1) is 28.3. The summed E-state index contributed by atoms with van der Waals surface area (Å²) < 4.78 is 0. The number of nitrogens with one attached hydrogen (secondary N) is 3. The van der Waals surface area contributed by atoms with Gasteiger partial charge in [-0.25, -0.2) is 0 Å². The fourth-order valence-corrected chi connectivity index (χ4v) is 6.77. The van der Waals surface area contributed by atoms with Crippen molar-refractivity contribution in [2.24, 2.45) is 5.92 Å². The van der Waals surface area contributed by atoms with Crippen molar-refractivity contribution in [2.45, 2.75) is 62.6 Å². The van der Waals surface area contributed by atoms with Crippen LogP contribution in [0.1, 0.15) is 69.2 Å². The number of carboxylic acids is 1. The Morgan fingerprint density at radius 3 is 2.05 bits per heavy atom. The third kappa shape index (κ3) is 4.95. The normalized spacial score (nSPS) is 22.2. The molecule has 2 aliphatic carbocycles. The smallest absolute Gasteiger partial charge is 0.318 e. The molecule has 0 aromatic heterocycles. The van der Waals surface area contributed by atoms with Crippen molar-refractivity contribution in [3.63, 3.8) is 0 Å². The molecular weight excluding hydrogens is 522 g/mol. The van der Waals surface area contributed by atoms with Crippen LogP contribution in [0, 0.1) is 17.2 Å². The van der Waals surface area contributed by atoms with Crippen molar-refractivity contribution in [2.75, 3.05) is 20.6 Å². The van der Waals surface area contributed by atoms with Crippen molar-refractivity contribution < 1.29 is 24.3 Å². The average molecular weight is 558 g/mol. The van der Waals surface area contributed by atoms with Gasteiger partial charge >= 0.3 is 5.97 Å². The van der Waals surface area contributed by atoms with E-state index in [9.17, 15) is 29.5 Å². The van der Waals surface area contributed by atoms with E-state index in [2.05, 4.69) is 22.0 Å². The molecule has 0 spiro atoms. The molecule has 1 saturated carbocycles. The maximum absolute atomic E-state index is 13.4. The number of carboxylic acid groups (broad SMARTS) is 1. The van der Waals surface area contributed by atoms with Crippen molar-refractivity contribution in [1.82, 2.24) is 20.9 Å². The largest absolute Gasteiger partial charge is 0.480 e. The molecule has 2 fully saturated rings. The zero-order valence-electron chi connectivity index (χ0n) is 23.5. The second kappa shape index (κ2) is 11.0. The van der Waals surface area contributed by atoms with E-state index >= 15 is 0 Å². The van der Waals surface area contributed by atoms with Crippen molar-refractivity contribution >= 4 is 23.7 Å². The third-order valence-electron chi connectivity index (χ3n) is 8.89. The number of nitrogens with zero attached hydrogens (tertiary/aromatic N) is 2. The third-order valence-corrected chi connectivity index (χ3v) is 8.89. The predicted octanol–water partition coefficient (Wildman–Crippen LogP) is 1.76. The summed E-state index contributed by atoms with van der Waals surface area (Å²) in [5.41, 5.74) is 2.07. The Morgan fingerprint density at radius 1 is 1.00 bits per heavy atom. The van der Waals surface area contributed by atoms with Crippen molar-refractivity contribution in [3.8, 4) is 6.07 Å². The number of benzene rings is 2. The van der Waals surface area contributed by atoms with Gasteiger partial charge in [0.05, 0.1) is 12.6 Å². The number of aliphatic carboxylic acids is 1. The number of aryl methyl sites for hydroxylation is 2. The van der Waals surface area contributed by atoms with Gasteiger partial charge in [-0.05, 0) is 91.5 Å². The molecule has 1 aliphatic heterocycles. The van der Waals surface area contributed by atoms with Gasteiger partial charge in [0.2, 0.25) is 5.91 Å². The number of amides is 3. The van der Waals surface area contributed by atoms with Crippen molar-refractivity contribution in [3.05, 3.63) is 69.8 Å². The Morgan fingerprint density at radius 2 is 1.56 bits per heavy atom. The van der Waals surface area contributed by atoms with Crippen LogP contribution in [0.25, 0.3) is 0 Å². The second-order valence-corrected chi connectivity index (χ2v) is 11.3. The lowest BCUT2D eigenvalue weighted by Gasteiger charge is -2.35. The summed E-state index contributed by atoms with van der Waals surface area (Å²) in [4.78, 5) is 53.0. The molecule has 10 heteroatoms. The van der Waals surface area contributed by atoms with Crippen LogP contribution < -0.4 is 16.0 Å². The number of carbonyl (C=O) groups excluding carboxylic acids is 3. The molecule has 1 saturated heterocycles. The van der Waals surface area contributed by atoms with Gasteiger partial charge in [-0.15, -0.1) is 0 Å². The standard InChI is InChI=1S/C31H35N5O5/c1-17(35-16-27(37)36-23(15-32)12-22-13-26(22)36)14-31(30(40)41)24-8-6-20(28(38)33-2)10-18(24)4-5-19-11-21(29(39)34-3)7-9-25(19)31/h6-11,17,22-23,26,35H,4-5,12-14,16H2,1-3H3,(H,33,38)(H,34,39)(H,40,41)/t17-,22-,23?,26+/m1/s1. The molecule has 0 radical (unpaired) electrons. The van der Waals surface area contributed by atoms with Crippen LogP contribution in [-0.2, 0) is 27.8 Å². The summed E-state index contributed by atoms with van der Waals surface area (Å²) in [5, 5.41) is 28.9. The summed E-state index contributed by atoms with van der Waals surface area (Å²) in [5.74, 6) is -1.31. The Labute approximate surface area is 239 Å². The van der Waals surface area contributed by atoms with E-state index in [-0.39, 0.29) is 36.7 Å². The lowest BCUT2D eigenvalue weighted by atomic mass is 9.68. The fourth-order valence-electron chi connectivity index (χ4n) is 6.77. The molecule has 10 nitrogen and oxygen atoms in total. The maximum atomic E-state index is 13.4. The van der Waals surface area contributed by atoms with Gasteiger partial charge in [-0.2, -0.15) is 5.26 Å². The molecule has 3 aliphatic rings. The highest BCUT2D eigenvalue weighted by Crippen LogP contribution is 2.48. The number of likely N-dealkylation sites (tertiary alicyclic amines) is 1. The lowest BCUT2D eigenvalue weighted by Crippen LogP contribution is -2.48. The topological polar surface area (TPSA) is 152 Å². The SMILES string of the molecule is CNC(=O)c1ccc2c(c1)CCc1cc(C(=O)NC)ccc1C2(C[C@@H](C)NCC(=O)N1C(C#N)C[C@@H]2C[C@@H]21)C(=O)O. The van der Waals surface area contributed by atoms with Crippen LogP contribution in [0.15, 0.2) is 36.4 Å². The van der Waals surface area contributed by atoms with Gasteiger partial charge in [0.1, 0.15) is 11.5 Å². The Balaban J connectivity index is 1.51. The number of carbonyl (C=O) groups is 4. The van der Waals surface area contributed by atoms with E-state index < -0.39 is 23.5 Å². The van der Waals surface area contributed by atoms with Crippen LogP contribution in [0.5, 0.6) is 0 Å². The average Bonchev–Trinajstić information content (AvgIpc) is 3.67. The molecule has 5 rings (SSSR count). The minimum atomic E-state index is -1.50. The van der Waals surface area contributed by atoms with Crippen molar-refractivity contribution in [1.29, 1.82) is 5.26 Å². The van der Waals surface area contributed by atoms with E-state index in [0.717, 1.165) is 17.5 Å². The Hall–Kier alpha value is -4.23. The molecular formula is C31H35N5O5. The minimum Gasteiger partial charge on any atom is -0.480 e. The monoisotopic (exact) mass is 557 g/mol. The van der Waals surface area contributed by atoms with E-state index in [1.54, 1.807) is 55.4 Å². The van der Waals surface area contributed by atoms with Crippen LogP contribution in [-0.4, -0.2) is 72.5 Å². The van der Waals surface area contributed by atoms with Gasteiger partial charge in [-0.3, -0.25) is 19.2 Å². The van der Waals surface area contributed by atoms with Gasteiger partial charge in [0.15, 0.2) is 0 Å². The minimum absolute atomic E-state index is 0.00317. The van der Waals surface area contributed by atoms with Gasteiger partial charge in [0.25, 0.3) is 11.8 Å². The molecule has 0 bridgehead atoms. The summed E-state index contributed by atoms with van der Waals surface area (Å²) >= 11 is 0. The molecule has 1 heterocycles. The Kier molecular flexibility index (Phi) is 7.58. The highest BCUT2D eigenvalue weighted by atomic mass is 16.4. The van der Waals surface area contributed by atoms with Crippen LogP contribution in [0.2, 0.25) is 0 Å². The first-order valence-corrected chi connectivity index (χ1v) is 14.0. The molecule has 4 atom stereocenters. The number of fused-ring (bicyclic) bond motifs is 3. The molecule has 214 valence electrons. The van der Waals surface area contributed by atoms with Gasteiger partial charge in [0, 0.05) is 37.3 Å². The number of hydrogen-bond donors (Lipinski definition) is 4. The molecule has 2 aromatic rings. The quantitative estimate of drug-likeness (QED) is 0.386. The van der Waals surface area contributed by atoms with E-state index in [1.165, 1.54) is 0 Å². The van der Waals surface area contributed by atoms with E-state index in [4.69, 9.17) is 0 Å². The predicted molar refractivity (Wildman–Crippen MR) is 150 cm³/mol. The van der Waals surface area contributed by atoms with E-state index in [1.807, 2.05) is 6.92 Å². The zero-order valence-corrected chi connectivity index (χ0v) is 23.5. The van der Waals surface area contributed by atoms with Crippen LogP contribution in [0.4, 0.5) is 0 Å². The highest BCUT2D eigenvalue weighted by molar-refractivity contribution is 5.96. The number of hydrogen-bond acceptors (Lipinski definition) is 6. The van der Waals surface area contributed by atoms with E-state index in [0.29, 0.717) is 47.4 Å². The first-order chi connectivity index (χ1) is 19.6. The Bertz CT molecular complexity index is 1400. The zero-order chi connectivity index (χ0) is 29.5. The molecule has 4 N–H and O–H groups in total. The highest BCUT2D eigenvalue weighted by Gasteiger charge is 2.54. The van der Waals surface area contributed by atoms with Crippen LogP contribution in [0.3, 0.4) is 0 Å². The summed E-state index contributed by atoms with van der Waals surface area (Å²) in [6.45, 7) is 1.86. The molecule has 3 amide bonds. The van der Waals surface area contributed by atoms with Gasteiger partial charge in [-0.1, -0.05) is 12.1 Å². The molecule has 41 heavy (non-hydrogen) atoms. The number of piperidine rings is 1. The molecule has 1 unspecified atom stereocenters. The molecule has 2 aromatic carbocycles. The lowest BCUT2D eigenvalue weighted by molar-refractivity contribution is -0.142. The fraction of sp³-hybridized carbons (Fsp3) is 0.452. The van der Waals surface area contributed by atoms with Crippen LogP contribution >= 0.6 is 0 Å².